The first-order chi connectivity index (χ1) is 8.20. The van der Waals surface area contributed by atoms with E-state index in [1.165, 1.54) is 23.1 Å². The maximum Gasteiger partial charge on any atom is 0.269 e. The van der Waals surface area contributed by atoms with Crippen LogP contribution < -0.4 is 11.1 Å². The fourth-order valence-electron chi connectivity index (χ4n) is 1.27. The summed E-state index contributed by atoms with van der Waals surface area (Å²) in [6, 6.07) is 9.26. The fraction of sp³-hybridized carbons (Fsp3) is 0.0909. The molecule has 0 radical (unpaired) electrons. The first-order valence-electron chi connectivity index (χ1n) is 4.87. The van der Waals surface area contributed by atoms with E-state index in [-0.39, 0.29) is 11.7 Å². The monoisotopic (exact) mass is 265 g/mol. The lowest BCUT2D eigenvalue weighted by atomic mass is 10.3. The number of carbonyl (C=O) groups is 1. The Morgan fingerprint density at radius 3 is 2.71 bits per heavy atom. The smallest absolute Gasteiger partial charge is 0.269 e. The number of carbonyl (C=O) groups excluding carboxylic acids is 1. The highest BCUT2D eigenvalue weighted by atomic mass is 32.2. The molecule has 0 aliphatic heterocycles. The number of para-hydroxylation sites is 1. The summed E-state index contributed by atoms with van der Waals surface area (Å²) in [7, 11) is 0. The fourth-order valence-corrected chi connectivity index (χ4v) is 2.66. The van der Waals surface area contributed by atoms with Crippen LogP contribution in [0.4, 0.5) is 11.5 Å². The second kappa shape index (κ2) is 5.20. The van der Waals surface area contributed by atoms with Crippen LogP contribution in [-0.4, -0.2) is 17.1 Å². The van der Waals surface area contributed by atoms with E-state index in [1.807, 2.05) is 36.6 Å². The maximum absolute atomic E-state index is 11.9. The second-order valence-electron chi connectivity index (χ2n) is 3.22. The molecule has 0 spiro atoms. The van der Waals surface area contributed by atoms with E-state index in [1.54, 1.807) is 0 Å². The van der Waals surface area contributed by atoms with Crippen molar-refractivity contribution in [3.63, 3.8) is 0 Å². The van der Waals surface area contributed by atoms with Gasteiger partial charge in [0.25, 0.3) is 5.91 Å². The van der Waals surface area contributed by atoms with Crippen LogP contribution in [0.1, 0.15) is 9.67 Å². The number of nitrogens with zero attached hydrogens (tertiary/aromatic N) is 1. The number of nitrogens with one attached hydrogen (secondary N) is 1. The third kappa shape index (κ3) is 2.78. The summed E-state index contributed by atoms with van der Waals surface area (Å²) in [5.74, 6) is 0.0688. The minimum Gasteiger partial charge on any atom is -0.382 e. The molecule has 2 rings (SSSR count). The minimum atomic E-state index is -0.216. The Labute approximate surface area is 107 Å². The summed E-state index contributed by atoms with van der Waals surface area (Å²) in [5.41, 5.74) is 6.44. The summed E-state index contributed by atoms with van der Waals surface area (Å²) in [6.07, 6.45) is 1.90. The Morgan fingerprint density at radius 1 is 1.41 bits per heavy atom. The average molecular weight is 265 g/mol. The molecule has 1 aromatic carbocycles. The van der Waals surface area contributed by atoms with Gasteiger partial charge in [-0.15, -0.1) is 11.3 Å². The van der Waals surface area contributed by atoms with Crippen molar-refractivity contribution >= 4 is 40.5 Å². The standard InChI is InChI=1S/C11H11N3OS2/c1-16-11-14-9(12)8(17-11)10(15)13-7-5-3-2-4-6-7/h2-6H,12H2,1H3,(H,13,15). The lowest BCUT2D eigenvalue weighted by Crippen LogP contribution is -2.11. The molecule has 0 atom stereocenters. The van der Waals surface area contributed by atoms with Gasteiger partial charge in [0.1, 0.15) is 10.7 Å². The average Bonchev–Trinajstić information content (AvgIpc) is 2.72. The molecule has 0 bridgehead atoms. The van der Waals surface area contributed by atoms with Gasteiger partial charge in [-0.1, -0.05) is 30.0 Å². The van der Waals surface area contributed by atoms with Crippen LogP contribution in [-0.2, 0) is 0 Å². The largest absolute Gasteiger partial charge is 0.382 e. The van der Waals surface area contributed by atoms with Gasteiger partial charge in [-0.25, -0.2) is 4.98 Å². The zero-order chi connectivity index (χ0) is 12.3. The highest BCUT2D eigenvalue weighted by molar-refractivity contribution is 8.00. The molecule has 1 amide bonds. The molecule has 3 N–H and O–H groups in total. The number of anilines is 2. The Morgan fingerprint density at radius 2 is 2.12 bits per heavy atom. The second-order valence-corrected chi connectivity index (χ2v) is 5.27. The van der Waals surface area contributed by atoms with Gasteiger partial charge < -0.3 is 11.1 Å². The van der Waals surface area contributed by atoms with Gasteiger partial charge in [0, 0.05) is 5.69 Å². The predicted molar refractivity (Wildman–Crippen MR) is 72.7 cm³/mol. The van der Waals surface area contributed by atoms with Gasteiger partial charge in [0.15, 0.2) is 4.34 Å². The number of aromatic nitrogens is 1. The van der Waals surface area contributed by atoms with Crippen LogP contribution in [0.5, 0.6) is 0 Å². The number of hydrogen-bond donors (Lipinski definition) is 2. The van der Waals surface area contributed by atoms with Gasteiger partial charge in [-0.05, 0) is 18.4 Å². The number of hydrogen-bond acceptors (Lipinski definition) is 5. The van der Waals surface area contributed by atoms with E-state index in [0.29, 0.717) is 4.88 Å². The Hall–Kier alpha value is -1.53. The number of benzene rings is 1. The van der Waals surface area contributed by atoms with E-state index in [0.717, 1.165) is 10.0 Å². The van der Waals surface area contributed by atoms with Crippen LogP contribution in [0.2, 0.25) is 0 Å². The quantitative estimate of drug-likeness (QED) is 0.837. The third-order valence-corrected chi connectivity index (χ3v) is 4.10. The number of rotatable bonds is 3. The molecule has 4 nitrogen and oxygen atoms in total. The Balaban J connectivity index is 2.17. The first kappa shape index (κ1) is 11.9. The lowest BCUT2D eigenvalue weighted by molar-refractivity contribution is 0.103. The number of nitrogen functional groups attached to an aromatic ring is 1. The molecular formula is C11H11N3OS2. The van der Waals surface area contributed by atoms with Crippen molar-refractivity contribution in [3.05, 3.63) is 35.2 Å². The number of thioether (sulfide) groups is 1. The molecule has 1 heterocycles. The van der Waals surface area contributed by atoms with Crippen LogP contribution in [0, 0.1) is 0 Å². The van der Waals surface area contributed by atoms with Crippen LogP contribution in [0.15, 0.2) is 34.7 Å². The van der Waals surface area contributed by atoms with Crippen molar-refractivity contribution in [1.29, 1.82) is 0 Å². The zero-order valence-electron chi connectivity index (χ0n) is 9.14. The van der Waals surface area contributed by atoms with E-state index < -0.39 is 0 Å². The molecule has 0 aliphatic rings. The molecular weight excluding hydrogens is 254 g/mol. The molecule has 17 heavy (non-hydrogen) atoms. The molecule has 0 unspecified atom stereocenters. The Kier molecular flexibility index (Phi) is 3.65. The van der Waals surface area contributed by atoms with Crippen molar-refractivity contribution in [3.8, 4) is 0 Å². The highest BCUT2D eigenvalue weighted by Gasteiger charge is 2.15. The van der Waals surface area contributed by atoms with Crippen molar-refractivity contribution in [1.82, 2.24) is 4.98 Å². The summed E-state index contributed by atoms with van der Waals surface area (Å²) in [6.45, 7) is 0. The number of thiazole rings is 1. The first-order valence-corrected chi connectivity index (χ1v) is 6.91. The van der Waals surface area contributed by atoms with E-state index in [2.05, 4.69) is 10.3 Å². The molecule has 0 aliphatic carbocycles. The molecule has 1 aromatic heterocycles. The zero-order valence-corrected chi connectivity index (χ0v) is 10.8. The van der Waals surface area contributed by atoms with Crippen molar-refractivity contribution < 1.29 is 4.79 Å². The number of nitrogens with two attached hydrogens (primary N) is 1. The van der Waals surface area contributed by atoms with Gasteiger partial charge in [-0.2, -0.15) is 0 Å². The van der Waals surface area contributed by atoms with Crippen LogP contribution in [0.3, 0.4) is 0 Å². The summed E-state index contributed by atoms with van der Waals surface area (Å²) < 4.78 is 0.792. The lowest BCUT2D eigenvalue weighted by Gasteiger charge is -2.02. The normalized spacial score (nSPS) is 10.2. The highest BCUT2D eigenvalue weighted by Crippen LogP contribution is 2.27. The molecule has 0 fully saturated rings. The topological polar surface area (TPSA) is 68.0 Å². The van der Waals surface area contributed by atoms with Crippen LogP contribution >= 0.6 is 23.1 Å². The Bertz CT molecular complexity index is 525. The van der Waals surface area contributed by atoms with Crippen molar-refractivity contribution in [2.45, 2.75) is 4.34 Å². The van der Waals surface area contributed by atoms with E-state index in [9.17, 15) is 4.79 Å². The maximum atomic E-state index is 11.9. The van der Waals surface area contributed by atoms with E-state index >= 15 is 0 Å². The summed E-state index contributed by atoms with van der Waals surface area (Å²) in [4.78, 5) is 16.5. The summed E-state index contributed by atoms with van der Waals surface area (Å²) in [5, 5.41) is 2.78. The van der Waals surface area contributed by atoms with Gasteiger partial charge in [0.05, 0.1) is 0 Å². The molecule has 88 valence electrons. The van der Waals surface area contributed by atoms with Crippen molar-refractivity contribution in [2.24, 2.45) is 0 Å². The van der Waals surface area contributed by atoms with Crippen LogP contribution in [0.25, 0.3) is 0 Å². The molecule has 0 saturated carbocycles. The summed E-state index contributed by atoms with van der Waals surface area (Å²) >= 11 is 2.78. The SMILES string of the molecule is CSc1nc(N)c(C(=O)Nc2ccccc2)s1. The molecule has 2 aromatic rings. The van der Waals surface area contributed by atoms with Gasteiger partial charge in [0.2, 0.25) is 0 Å². The molecule has 6 heteroatoms. The predicted octanol–water partition coefficient (Wildman–Crippen LogP) is 2.70. The third-order valence-electron chi connectivity index (χ3n) is 2.05. The molecule has 0 saturated heterocycles. The number of amides is 1. The van der Waals surface area contributed by atoms with Gasteiger partial charge >= 0.3 is 0 Å². The van der Waals surface area contributed by atoms with E-state index in [4.69, 9.17) is 5.73 Å². The minimum absolute atomic E-state index is 0.216. The van der Waals surface area contributed by atoms with Crippen molar-refractivity contribution in [2.75, 3.05) is 17.3 Å². The van der Waals surface area contributed by atoms with Gasteiger partial charge in [-0.3, -0.25) is 4.79 Å².